The van der Waals surface area contributed by atoms with Crippen molar-refractivity contribution in [1.82, 2.24) is 15.5 Å². The fraction of sp³-hybridized carbons (Fsp3) is 0.316. The molecule has 0 fully saturated rings. The molecule has 28 heavy (non-hydrogen) atoms. The smallest absolute Gasteiger partial charge is 0.277 e. The molecule has 8 nitrogen and oxygen atoms in total. The van der Waals surface area contributed by atoms with Gasteiger partial charge in [0, 0.05) is 5.56 Å². The summed E-state index contributed by atoms with van der Waals surface area (Å²) in [5, 5.41) is 11.2. The van der Waals surface area contributed by atoms with Crippen LogP contribution in [0.4, 0.5) is 0 Å². The molecule has 1 N–H and O–H groups in total. The van der Waals surface area contributed by atoms with Gasteiger partial charge in [-0.1, -0.05) is 11.8 Å². The number of aromatic nitrogens is 2. The lowest BCUT2D eigenvalue weighted by Gasteiger charge is -2.18. The third-order valence-corrected chi connectivity index (χ3v) is 4.92. The van der Waals surface area contributed by atoms with Gasteiger partial charge in [0.15, 0.2) is 0 Å². The van der Waals surface area contributed by atoms with Gasteiger partial charge in [0.1, 0.15) is 17.3 Å². The Morgan fingerprint density at radius 1 is 1.25 bits per heavy atom. The molecule has 0 spiro atoms. The number of nitrogens with zero attached hydrogens (tertiary/aromatic N) is 2. The Balaban J connectivity index is 1.59. The van der Waals surface area contributed by atoms with E-state index in [1.807, 2.05) is 32.0 Å². The molecule has 2 aromatic heterocycles. The number of carbonyl (C=O) groups excluding carboxylic acids is 1. The Morgan fingerprint density at radius 3 is 2.75 bits per heavy atom. The minimum Gasteiger partial charge on any atom is -0.497 e. The second-order valence-corrected chi connectivity index (χ2v) is 6.88. The molecule has 3 rings (SSSR count). The third kappa shape index (κ3) is 4.48. The number of carbonyl (C=O) groups is 1. The number of hydrogen-bond acceptors (Lipinski definition) is 8. The molecular weight excluding hydrogens is 382 g/mol. The van der Waals surface area contributed by atoms with Gasteiger partial charge in [0.2, 0.25) is 5.91 Å². The Kier molecular flexibility index (Phi) is 6.25. The molecule has 0 aliphatic rings. The van der Waals surface area contributed by atoms with Crippen LogP contribution in [0.1, 0.15) is 24.3 Å². The van der Waals surface area contributed by atoms with Gasteiger partial charge in [-0.3, -0.25) is 4.79 Å². The Hall–Kier alpha value is -2.94. The average Bonchev–Trinajstić information content (AvgIpc) is 3.34. The van der Waals surface area contributed by atoms with E-state index >= 15 is 0 Å². The monoisotopic (exact) mass is 403 g/mol. The van der Waals surface area contributed by atoms with Crippen molar-refractivity contribution in [3.63, 3.8) is 0 Å². The molecule has 1 aromatic carbocycles. The van der Waals surface area contributed by atoms with E-state index in [9.17, 15) is 4.79 Å². The van der Waals surface area contributed by atoms with Crippen LogP contribution in [0.2, 0.25) is 0 Å². The minimum atomic E-state index is -0.259. The van der Waals surface area contributed by atoms with E-state index in [0.29, 0.717) is 28.4 Å². The van der Waals surface area contributed by atoms with Gasteiger partial charge >= 0.3 is 0 Å². The van der Waals surface area contributed by atoms with Crippen molar-refractivity contribution in [2.75, 3.05) is 20.0 Å². The molecule has 0 radical (unpaired) electrons. The number of ether oxygens (including phenoxy) is 2. The minimum absolute atomic E-state index is 0.141. The number of aryl methyl sites for hydroxylation is 1. The van der Waals surface area contributed by atoms with E-state index in [1.165, 1.54) is 11.8 Å². The second kappa shape index (κ2) is 8.83. The number of hydrogen-bond donors (Lipinski definition) is 1. The molecule has 0 aliphatic heterocycles. The predicted molar refractivity (Wildman–Crippen MR) is 104 cm³/mol. The zero-order valence-corrected chi connectivity index (χ0v) is 16.8. The van der Waals surface area contributed by atoms with Gasteiger partial charge in [-0.15, -0.1) is 10.2 Å². The van der Waals surface area contributed by atoms with Gasteiger partial charge in [-0.25, -0.2) is 0 Å². The van der Waals surface area contributed by atoms with Crippen LogP contribution in [0.15, 0.2) is 44.6 Å². The van der Waals surface area contributed by atoms with Crippen molar-refractivity contribution in [3.8, 4) is 23.0 Å². The van der Waals surface area contributed by atoms with Crippen LogP contribution in [0.5, 0.6) is 11.5 Å². The van der Waals surface area contributed by atoms with Crippen molar-refractivity contribution < 1.29 is 23.1 Å². The molecular formula is C19H21N3O5S. The number of rotatable bonds is 8. The number of methoxy groups -OCH3 is 2. The molecule has 3 aromatic rings. The van der Waals surface area contributed by atoms with Crippen LogP contribution >= 0.6 is 11.8 Å². The lowest BCUT2D eigenvalue weighted by molar-refractivity contribution is -0.119. The highest BCUT2D eigenvalue weighted by Gasteiger charge is 2.17. The van der Waals surface area contributed by atoms with Crippen LogP contribution in [0.3, 0.4) is 0 Å². The molecule has 0 saturated heterocycles. The molecule has 0 aliphatic carbocycles. The van der Waals surface area contributed by atoms with Crippen molar-refractivity contribution in [2.45, 2.75) is 25.1 Å². The maximum absolute atomic E-state index is 12.3. The van der Waals surface area contributed by atoms with E-state index in [1.54, 1.807) is 26.5 Å². The summed E-state index contributed by atoms with van der Waals surface area (Å²) < 4.78 is 21.4. The molecule has 1 amide bonds. The first-order valence-corrected chi connectivity index (χ1v) is 9.52. The maximum Gasteiger partial charge on any atom is 0.277 e. The summed E-state index contributed by atoms with van der Waals surface area (Å²) in [5.41, 5.74) is 1.57. The standard InChI is InChI=1S/C19H21N3O5S/c1-11(15-9-13(24-3)5-6-16(15)25-4)20-17(23)10-28-19-22-21-18(27-19)14-7-8-26-12(14)2/h5-9,11H,10H2,1-4H3,(H,20,23)/t11-/m1/s1. The molecule has 0 unspecified atom stereocenters. The highest BCUT2D eigenvalue weighted by atomic mass is 32.2. The highest BCUT2D eigenvalue weighted by Crippen LogP contribution is 2.30. The normalized spacial score (nSPS) is 11.9. The molecule has 0 saturated carbocycles. The number of thioether (sulfide) groups is 1. The van der Waals surface area contributed by atoms with Crippen molar-refractivity contribution in [1.29, 1.82) is 0 Å². The lowest BCUT2D eigenvalue weighted by Crippen LogP contribution is -2.28. The zero-order chi connectivity index (χ0) is 20.1. The second-order valence-electron chi connectivity index (χ2n) is 5.95. The van der Waals surface area contributed by atoms with Gasteiger partial charge in [-0.05, 0) is 38.1 Å². The van der Waals surface area contributed by atoms with Crippen LogP contribution in [0, 0.1) is 6.92 Å². The summed E-state index contributed by atoms with van der Waals surface area (Å²) in [6.45, 7) is 3.69. The van der Waals surface area contributed by atoms with Crippen molar-refractivity contribution >= 4 is 17.7 Å². The first-order chi connectivity index (χ1) is 13.5. The summed E-state index contributed by atoms with van der Waals surface area (Å²) in [5.74, 6) is 2.41. The van der Waals surface area contributed by atoms with Crippen LogP contribution < -0.4 is 14.8 Å². The van der Waals surface area contributed by atoms with E-state index in [-0.39, 0.29) is 17.7 Å². The van der Waals surface area contributed by atoms with Crippen LogP contribution in [-0.4, -0.2) is 36.1 Å². The fourth-order valence-electron chi connectivity index (χ4n) is 2.65. The molecule has 0 bridgehead atoms. The van der Waals surface area contributed by atoms with Crippen LogP contribution in [-0.2, 0) is 4.79 Å². The highest BCUT2D eigenvalue weighted by molar-refractivity contribution is 7.99. The first-order valence-electron chi connectivity index (χ1n) is 8.54. The van der Waals surface area contributed by atoms with Gasteiger partial charge in [0.25, 0.3) is 11.1 Å². The van der Waals surface area contributed by atoms with E-state index in [4.69, 9.17) is 18.3 Å². The largest absolute Gasteiger partial charge is 0.497 e. The lowest BCUT2D eigenvalue weighted by atomic mass is 10.1. The average molecular weight is 403 g/mol. The summed E-state index contributed by atoms with van der Waals surface area (Å²) in [7, 11) is 3.18. The number of amides is 1. The third-order valence-electron chi connectivity index (χ3n) is 4.10. The van der Waals surface area contributed by atoms with Crippen molar-refractivity contribution in [2.24, 2.45) is 0 Å². The number of nitrogens with one attached hydrogen (secondary N) is 1. The first kappa shape index (κ1) is 19.8. The molecule has 2 heterocycles. The Labute approximate surface area is 166 Å². The number of furan rings is 1. The van der Waals surface area contributed by atoms with Crippen LogP contribution in [0.25, 0.3) is 11.5 Å². The Morgan fingerprint density at radius 2 is 2.07 bits per heavy atom. The summed E-state index contributed by atoms with van der Waals surface area (Å²) in [4.78, 5) is 12.3. The van der Waals surface area contributed by atoms with E-state index in [2.05, 4.69) is 15.5 Å². The topological polar surface area (TPSA) is 99.6 Å². The summed E-state index contributed by atoms with van der Waals surface area (Å²) in [6.07, 6.45) is 1.56. The molecule has 1 atom stereocenters. The summed E-state index contributed by atoms with van der Waals surface area (Å²) >= 11 is 1.17. The van der Waals surface area contributed by atoms with Crippen molar-refractivity contribution in [3.05, 3.63) is 41.9 Å². The SMILES string of the molecule is COc1ccc(OC)c([C@@H](C)NC(=O)CSc2nnc(-c3ccoc3C)o2)c1. The van der Waals surface area contributed by atoms with Gasteiger partial charge in [0.05, 0.1) is 37.8 Å². The Bertz CT molecular complexity index is 953. The number of benzene rings is 1. The quantitative estimate of drug-likeness (QED) is 0.569. The van der Waals surface area contributed by atoms with E-state index < -0.39 is 0 Å². The van der Waals surface area contributed by atoms with Gasteiger partial charge in [-0.2, -0.15) is 0 Å². The predicted octanol–water partition coefficient (Wildman–Crippen LogP) is 3.62. The fourth-order valence-corrected chi connectivity index (χ4v) is 3.22. The van der Waals surface area contributed by atoms with Gasteiger partial charge < -0.3 is 23.6 Å². The summed E-state index contributed by atoms with van der Waals surface area (Å²) in [6, 6.07) is 6.96. The van der Waals surface area contributed by atoms with E-state index in [0.717, 1.165) is 11.1 Å². The molecule has 9 heteroatoms. The zero-order valence-electron chi connectivity index (χ0n) is 16.0. The maximum atomic E-state index is 12.3. The molecule has 148 valence electrons.